The lowest BCUT2D eigenvalue weighted by atomic mass is 10.4. The van der Waals surface area contributed by atoms with E-state index in [1.807, 2.05) is 20.2 Å². The number of likely N-dealkylation sites (N-methyl/N-ethyl adjacent to an activating group) is 1. The SMILES string of the molecule is CN(C)CCOCCNCC(=O)NCCC#N. The van der Waals surface area contributed by atoms with Crippen LogP contribution in [0.5, 0.6) is 0 Å². The first-order valence-corrected chi connectivity index (χ1v) is 5.73. The number of nitrogens with one attached hydrogen (secondary N) is 2. The lowest BCUT2D eigenvalue weighted by Gasteiger charge is -2.10. The highest BCUT2D eigenvalue weighted by atomic mass is 16.5. The first-order valence-electron chi connectivity index (χ1n) is 5.73. The Labute approximate surface area is 103 Å². The Hall–Kier alpha value is -1.16. The van der Waals surface area contributed by atoms with Crippen LogP contribution in [0.4, 0.5) is 0 Å². The summed E-state index contributed by atoms with van der Waals surface area (Å²) in [5.74, 6) is -0.0893. The van der Waals surface area contributed by atoms with Crippen molar-refractivity contribution in [2.24, 2.45) is 0 Å². The third-order valence-electron chi connectivity index (χ3n) is 1.95. The Morgan fingerprint density at radius 1 is 1.35 bits per heavy atom. The molecule has 6 heteroatoms. The molecule has 0 bridgehead atoms. The van der Waals surface area contributed by atoms with E-state index < -0.39 is 0 Å². The summed E-state index contributed by atoms with van der Waals surface area (Å²) < 4.78 is 5.35. The van der Waals surface area contributed by atoms with Crippen LogP contribution in [0.1, 0.15) is 6.42 Å². The van der Waals surface area contributed by atoms with Crippen molar-refractivity contribution < 1.29 is 9.53 Å². The first kappa shape index (κ1) is 15.8. The molecule has 0 radical (unpaired) electrons. The lowest BCUT2D eigenvalue weighted by molar-refractivity contribution is -0.120. The zero-order valence-electron chi connectivity index (χ0n) is 10.7. The highest BCUT2D eigenvalue weighted by Gasteiger charge is 1.98. The van der Waals surface area contributed by atoms with Gasteiger partial charge in [-0.25, -0.2) is 0 Å². The number of nitriles is 1. The molecule has 0 atom stereocenters. The summed E-state index contributed by atoms with van der Waals surface area (Å²) in [7, 11) is 3.99. The van der Waals surface area contributed by atoms with E-state index in [4.69, 9.17) is 10.00 Å². The van der Waals surface area contributed by atoms with E-state index in [2.05, 4.69) is 15.5 Å². The summed E-state index contributed by atoms with van der Waals surface area (Å²) in [4.78, 5) is 13.2. The number of hydrogen-bond acceptors (Lipinski definition) is 5. The molecule has 0 rings (SSSR count). The number of rotatable bonds is 10. The Balaban J connectivity index is 3.17. The van der Waals surface area contributed by atoms with Crippen molar-refractivity contribution >= 4 is 5.91 Å². The summed E-state index contributed by atoms with van der Waals surface area (Å²) in [6.45, 7) is 3.52. The van der Waals surface area contributed by atoms with Crippen molar-refractivity contribution in [2.45, 2.75) is 6.42 Å². The van der Waals surface area contributed by atoms with Gasteiger partial charge < -0.3 is 20.3 Å². The molecule has 0 spiro atoms. The quantitative estimate of drug-likeness (QED) is 0.490. The normalized spacial score (nSPS) is 10.2. The van der Waals surface area contributed by atoms with Crippen molar-refractivity contribution in [3.8, 4) is 6.07 Å². The molecule has 0 fully saturated rings. The molecule has 17 heavy (non-hydrogen) atoms. The lowest BCUT2D eigenvalue weighted by Crippen LogP contribution is -2.35. The van der Waals surface area contributed by atoms with Gasteiger partial charge in [-0.1, -0.05) is 0 Å². The Morgan fingerprint density at radius 2 is 2.12 bits per heavy atom. The van der Waals surface area contributed by atoms with Crippen LogP contribution in [-0.2, 0) is 9.53 Å². The highest BCUT2D eigenvalue weighted by Crippen LogP contribution is 1.77. The largest absolute Gasteiger partial charge is 0.379 e. The highest BCUT2D eigenvalue weighted by molar-refractivity contribution is 5.77. The maximum absolute atomic E-state index is 11.2. The molecule has 0 aromatic heterocycles. The standard InChI is InChI=1S/C11H22N4O2/c1-15(2)7-9-17-8-6-13-10-11(16)14-5-3-4-12/h13H,3,5-10H2,1-2H3,(H,14,16). The van der Waals surface area contributed by atoms with Gasteiger partial charge in [0.2, 0.25) is 5.91 Å². The van der Waals surface area contributed by atoms with Gasteiger partial charge >= 0.3 is 0 Å². The van der Waals surface area contributed by atoms with Crippen LogP contribution >= 0.6 is 0 Å². The van der Waals surface area contributed by atoms with E-state index in [0.29, 0.717) is 32.7 Å². The molecule has 0 aliphatic rings. The summed E-state index contributed by atoms with van der Waals surface area (Å²) >= 11 is 0. The maximum Gasteiger partial charge on any atom is 0.233 e. The monoisotopic (exact) mass is 242 g/mol. The Bertz CT molecular complexity index is 238. The van der Waals surface area contributed by atoms with Crippen molar-refractivity contribution in [1.29, 1.82) is 5.26 Å². The minimum absolute atomic E-state index is 0.0893. The van der Waals surface area contributed by atoms with Gasteiger partial charge in [0.1, 0.15) is 0 Å². The van der Waals surface area contributed by atoms with Crippen LogP contribution in [-0.4, -0.2) is 64.3 Å². The predicted molar refractivity (Wildman–Crippen MR) is 65.5 cm³/mol. The molecule has 0 saturated heterocycles. The molecular formula is C11H22N4O2. The zero-order chi connectivity index (χ0) is 12.9. The van der Waals surface area contributed by atoms with Gasteiger partial charge in [-0.15, -0.1) is 0 Å². The third kappa shape index (κ3) is 12.8. The van der Waals surface area contributed by atoms with Gasteiger partial charge in [-0.3, -0.25) is 4.79 Å². The van der Waals surface area contributed by atoms with Crippen LogP contribution in [0.2, 0.25) is 0 Å². The van der Waals surface area contributed by atoms with Crippen molar-refractivity contribution in [2.75, 3.05) is 53.5 Å². The second-order valence-corrected chi connectivity index (χ2v) is 3.85. The number of amides is 1. The average molecular weight is 242 g/mol. The summed E-state index contributed by atoms with van der Waals surface area (Å²) in [6, 6.07) is 1.96. The fraction of sp³-hybridized carbons (Fsp3) is 0.818. The van der Waals surface area contributed by atoms with E-state index in [0.717, 1.165) is 6.54 Å². The average Bonchev–Trinajstić information content (AvgIpc) is 2.28. The fourth-order valence-electron chi connectivity index (χ4n) is 1.02. The predicted octanol–water partition coefficient (Wildman–Crippen LogP) is -0.816. The molecular weight excluding hydrogens is 220 g/mol. The van der Waals surface area contributed by atoms with Gasteiger partial charge in [0.15, 0.2) is 0 Å². The smallest absolute Gasteiger partial charge is 0.233 e. The maximum atomic E-state index is 11.2. The second kappa shape index (κ2) is 11.3. The molecule has 98 valence electrons. The number of nitrogens with zero attached hydrogens (tertiary/aromatic N) is 2. The minimum Gasteiger partial charge on any atom is -0.379 e. The van der Waals surface area contributed by atoms with E-state index >= 15 is 0 Å². The van der Waals surface area contributed by atoms with Crippen LogP contribution in [0, 0.1) is 11.3 Å². The van der Waals surface area contributed by atoms with Gasteiger partial charge in [-0.2, -0.15) is 5.26 Å². The van der Waals surface area contributed by atoms with E-state index in [9.17, 15) is 4.79 Å². The molecule has 0 unspecified atom stereocenters. The summed E-state index contributed by atoms with van der Waals surface area (Å²) in [6.07, 6.45) is 0.347. The fourth-order valence-corrected chi connectivity index (χ4v) is 1.02. The Kier molecular flexibility index (Phi) is 10.6. The number of carbonyl (C=O) groups excluding carboxylic acids is 1. The second-order valence-electron chi connectivity index (χ2n) is 3.85. The van der Waals surface area contributed by atoms with Gasteiger partial charge in [-0.05, 0) is 14.1 Å². The minimum atomic E-state index is -0.0893. The first-order chi connectivity index (χ1) is 8.16. The topological polar surface area (TPSA) is 77.4 Å². The molecule has 0 aliphatic heterocycles. The zero-order valence-corrected chi connectivity index (χ0v) is 10.7. The molecule has 0 aliphatic carbocycles. The summed E-state index contributed by atoms with van der Waals surface area (Å²) in [5, 5.41) is 13.9. The number of carbonyl (C=O) groups is 1. The van der Waals surface area contributed by atoms with Crippen molar-refractivity contribution in [1.82, 2.24) is 15.5 Å². The molecule has 2 N–H and O–H groups in total. The molecule has 0 heterocycles. The van der Waals surface area contributed by atoms with Crippen molar-refractivity contribution in [3.05, 3.63) is 0 Å². The molecule has 0 aromatic carbocycles. The van der Waals surface area contributed by atoms with Crippen LogP contribution in [0.25, 0.3) is 0 Å². The molecule has 0 saturated carbocycles. The molecule has 1 amide bonds. The molecule has 6 nitrogen and oxygen atoms in total. The number of hydrogen-bond donors (Lipinski definition) is 2. The van der Waals surface area contributed by atoms with Crippen molar-refractivity contribution in [3.63, 3.8) is 0 Å². The van der Waals surface area contributed by atoms with Gasteiger partial charge in [0.05, 0.1) is 32.2 Å². The van der Waals surface area contributed by atoms with E-state index in [1.54, 1.807) is 0 Å². The van der Waals surface area contributed by atoms with Crippen LogP contribution in [0.15, 0.2) is 0 Å². The summed E-state index contributed by atoms with van der Waals surface area (Å²) in [5.41, 5.74) is 0. The van der Waals surface area contributed by atoms with E-state index in [1.165, 1.54) is 0 Å². The van der Waals surface area contributed by atoms with E-state index in [-0.39, 0.29) is 12.5 Å². The van der Waals surface area contributed by atoms with Crippen LogP contribution < -0.4 is 10.6 Å². The third-order valence-corrected chi connectivity index (χ3v) is 1.95. The van der Waals surface area contributed by atoms with Gasteiger partial charge in [0.25, 0.3) is 0 Å². The molecule has 0 aromatic rings. The van der Waals surface area contributed by atoms with Gasteiger partial charge in [0, 0.05) is 19.6 Å². The van der Waals surface area contributed by atoms with Crippen LogP contribution in [0.3, 0.4) is 0 Å². The number of ether oxygens (including phenoxy) is 1. The Morgan fingerprint density at radius 3 is 2.76 bits per heavy atom.